The predicted molar refractivity (Wildman–Crippen MR) is 71.7 cm³/mol. The summed E-state index contributed by atoms with van der Waals surface area (Å²) in [5.41, 5.74) is -0.583. The topological polar surface area (TPSA) is 43.8 Å². The molecule has 0 saturated carbocycles. The van der Waals surface area contributed by atoms with Crippen molar-refractivity contribution < 1.29 is 9.90 Å². The average Bonchev–Trinajstić information content (AvgIpc) is 2.97. The first-order chi connectivity index (χ1) is 8.55. The van der Waals surface area contributed by atoms with Gasteiger partial charge in [0.1, 0.15) is 0 Å². The second kappa shape index (κ2) is 5.57. The molecule has 2 aliphatic heterocycles. The molecule has 2 aliphatic rings. The van der Waals surface area contributed by atoms with E-state index in [0.29, 0.717) is 19.0 Å². The van der Waals surface area contributed by atoms with E-state index < -0.39 is 11.4 Å². The molecule has 0 bridgehead atoms. The molecular weight excluding hydrogens is 228 g/mol. The molecule has 2 saturated heterocycles. The van der Waals surface area contributed by atoms with Crippen molar-refractivity contribution in [3.05, 3.63) is 0 Å². The van der Waals surface area contributed by atoms with Gasteiger partial charge in [0.2, 0.25) is 0 Å². The fourth-order valence-corrected chi connectivity index (χ4v) is 3.18. The fraction of sp³-hybridized carbons (Fsp3) is 0.929. The summed E-state index contributed by atoms with van der Waals surface area (Å²) in [4.78, 5) is 16.3. The highest BCUT2D eigenvalue weighted by Gasteiger charge is 2.37. The van der Waals surface area contributed by atoms with Crippen LogP contribution in [0.3, 0.4) is 0 Å². The van der Waals surface area contributed by atoms with E-state index in [1.807, 2.05) is 13.8 Å². The summed E-state index contributed by atoms with van der Waals surface area (Å²) < 4.78 is 0. The number of carbonyl (C=O) groups is 1. The van der Waals surface area contributed by atoms with Crippen LogP contribution in [0.5, 0.6) is 0 Å². The maximum atomic E-state index is 11.3. The van der Waals surface area contributed by atoms with Gasteiger partial charge in [-0.1, -0.05) is 6.92 Å². The molecule has 2 unspecified atom stereocenters. The molecule has 1 N–H and O–H groups in total. The van der Waals surface area contributed by atoms with Crippen molar-refractivity contribution >= 4 is 5.97 Å². The fourth-order valence-electron chi connectivity index (χ4n) is 3.18. The highest BCUT2D eigenvalue weighted by Crippen LogP contribution is 2.27. The number of carboxylic acid groups (broad SMARTS) is 1. The van der Waals surface area contributed by atoms with Crippen LogP contribution < -0.4 is 0 Å². The first kappa shape index (κ1) is 13.8. The molecule has 0 amide bonds. The second-order valence-electron chi connectivity index (χ2n) is 6.14. The van der Waals surface area contributed by atoms with Crippen LogP contribution in [0.1, 0.15) is 39.5 Å². The molecule has 0 radical (unpaired) electrons. The molecule has 2 fully saturated rings. The van der Waals surface area contributed by atoms with E-state index in [4.69, 9.17) is 0 Å². The van der Waals surface area contributed by atoms with Gasteiger partial charge in [0.25, 0.3) is 0 Å². The van der Waals surface area contributed by atoms with Gasteiger partial charge >= 0.3 is 5.97 Å². The normalized spacial score (nSPS) is 29.6. The molecule has 0 aromatic rings. The van der Waals surface area contributed by atoms with Crippen LogP contribution in [-0.2, 0) is 4.79 Å². The second-order valence-corrected chi connectivity index (χ2v) is 6.14. The zero-order valence-electron chi connectivity index (χ0n) is 11.7. The summed E-state index contributed by atoms with van der Waals surface area (Å²) in [5, 5.41) is 9.33. The van der Waals surface area contributed by atoms with Gasteiger partial charge in [-0.2, -0.15) is 0 Å². The van der Waals surface area contributed by atoms with Crippen LogP contribution in [0.25, 0.3) is 0 Å². The standard InChI is InChI=1S/C14H26N2O2/c1-3-14(2,13(17)18)11-15-9-6-12(10-15)16-7-4-5-8-16/h12H,3-11H2,1-2H3,(H,17,18). The minimum absolute atomic E-state index is 0.583. The zero-order chi connectivity index (χ0) is 13.2. The van der Waals surface area contributed by atoms with Gasteiger partial charge < -0.3 is 10.0 Å². The van der Waals surface area contributed by atoms with Gasteiger partial charge in [-0.15, -0.1) is 0 Å². The Labute approximate surface area is 110 Å². The van der Waals surface area contributed by atoms with Crippen molar-refractivity contribution in [2.45, 2.75) is 45.6 Å². The van der Waals surface area contributed by atoms with Crippen molar-refractivity contribution in [3.63, 3.8) is 0 Å². The van der Waals surface area contributed by atoms with E-state index >= 15 is 0 Å². The minimum Gasteiger partial charge on any atom is -0.481 e. The maximum absolute atomic E-state index is 11.3. The van der Waals surface area contributed by atoms with Crippen molar-refractivity contribution in [1.82, 2.24) is 9.80 Å². The average molecular weight is 254 g/mol. The van der Waals surface area contributed by atoms with Crippen molar-refractivity contribution in [2.75, 3.05) is 32.7 Å². The van der Waals surface area contributed by atoms with E-state index in [1.165, 1.54) is 32.4 Å². The van der Waals surface area contributed by atoms with E-state index in [1.54, 1.807) is 0 Å². The largest absolute Gasteiger partial charge is 0.481 e. The molecule has 18 heavy (non-hydrogen) atoms. The molecule has 0 aliphatic carbocycles. The highest BCUT2D eigenvalue weighted by atomic mass is 16.4. The molecule has 0 aromatic carbocycles. The summed E-state index contributed by atoms with van der Waals surface area (Å²) in [5.74, 6) is -0.658. The summed E-state index contributed by atoms with van der Waals surface area (Å²) in [6.45, 7) is 9.14. The Morgan fingerprint density at radius 3 is 2.56 bits per heavy atom. The van der Waals surface area contributed by atoms with Crippen LogP contribution >= 0.6 is 0 Å². The van der Waals surface area contributed by atoms with Crippen LogP contribution in [-0.4, -0.2) is 59.6 Å². The van der Waals surface area contributed by atoms with Gasteiger partial charge in [-0.3, -0.25) is 9.69 Å². The summed E-state index contributed by atoms with van der Waals surface area (Å²) in [7, 11) is 0. The van der Waals surface area contributed by atoms with Gasteiger partial charge in [0.05, 0.1) is 5.41 Å². The summed E-state index contributed by atoms with van der Waals surface area (Å²) in [6, 6.07) is 0.669. The number of aliphatic carboxylic acids is 1. The zero-order valence-corrected chi connectivity index (χ0v) is 11.7. The number of likely N-dealkylation sites (tertiary alicyclic amines) is 2. The van der Waals surface area contributed by atoms with E-state index in [2.05, 4.69) is 9.80 Å². The first-order valence-electron chi connectivity index (χ1n) is 7.25. The lowest BCUT2D eigenvalue weighted by Crippen LogP contribution is -2.42. The summed E-state index contributed by atoms with van der Waals surface area (Å²) in [6.07, 6.45) is 4.57. The first-order valence-corrected chi connectivity index (χ1v) is 7.25. The number of rotatable bonds is 5. The summed E-state index contributed by atoms with van der Waals surface area (Å²) >= 11 is 0. The third-order valence-electron chi connectivity index (χ3n) is 4.77. The van der Waals surface area contributed by atoms with Crippen LogP contribution in [0.2, 0.25) is 0 Å². The van der Waals surface area contributed by atoms with Crippen LogP contribution in [0, 0.1) is 5.41 Å². The van der Waals surface area contributed by atoms with E-state index in [9.17, 15) is 9.90 Å². The van der Waals surface area contributed by atoms with Crippen LogP contribution in [0.15, 0.2) is 0 Å². The van der Waals surface area contributed by atoms with E-state index in [-0.39, 0.29) is 0 Å². The Morgan fingerprint density at radius 2 is 2.00 bits per heavy atom. The molecule has 4 nitrogen and oxygen atoms in total. The Balaban J connectivity index is 1.86. The van der Waals surface area contributed by atoms with Gasteiger partial charge in [-0.25, -0.2) is 0 Å². The smallest absolute Gasteiger partial charge is 0.310 e. The van der Waals surface area contributed by atoms with E-state index in [0.717, 1.165) is 13.1 Å². The maximum Gasteiger partial charge on any atom is 0.310 e. The quantitative estimate of drug-likeness (QED) is 0.810. The molecule has 4 heteroatoms. The molecule has 2 atom stereocenters. The number of hydrogen-bond acceptors (Lipinski definition) is 3. The number of hydrogen-bond donors (Lipinski definition) is 1. The lowest BCUT2D eigenvalue weighted by atomic mass is 9.87. The highest BCUT2D eigenvalue weighted by molar-refractivity contribution is 5.74. The lowest BCUT2D eigenvalue weighted by molar-refractivity contribution is -0.149. The Hall–Kier alpha value is -0.610. The van der Waals surface area contributed by atoms with Gasteiger partial charge in [0.15, 0.2) is 0 Å². The molecule has 104 valence electrons. The lowest BCUT2D eigenvalue weighted by Gasteiger charge is -2.30. The van der Waals surface area contributed by atoms with Crippen LogP contribution in [0.4, 0.5) is 0 Å². The van der Waals surface area contributed by atoms with Crippen molar-refractivity contribution in [3.8, 4) is 0 Å². The molecule has 0 spiro atoms. The third kappa shape index (κ3) is 2.86. The predicted octanol–water partition coefficient (Wildman–Crippen LogP) is 1.66. The number of carboxylic acids is 1. The van der Waals surface area contributed by atoms with Crippen molar-refractivity contribution in [1.29, 1.82) is 0 Å². The monoisotopic (exact) mass is 254 g/mol. The molecule has 2 heterocycles. The number of nitrogens with zero attached hydrogens (tertiary/aromatic N) is 2. The molecule has 0 aromatic heterocycles. The van der Waals surface area contributed by atoms with Gasteiger partial charge in [0, 0.05) is 19.1 Å². The Morgan fingerprint density at radius 1 is 1.33 bits per heavy atom. The van der Waals surface area contributed by atoms with Crippen molar-refractivity contribution in [2.24, 2.45) is 5.41 Å². The minimum atomic E-state index is -0.658. The SMILES string of the molecule is CCC(C)(CN1CCC(N2CCCC2)C1)C(=O)O. The Kier molecular flexibility index (Phi) is 4.28. The Bertz CT molecular complexity index is 302. The molecular formula is C14H26N2O2. The third-order valence-corrected chi connectivity index (χ3v) is 4.77. The van der Waals surface area contributed by atoms with Gasteiger partial charge in [-0.05, 0) is 52.2 Å². The molecule has 2 rings (SSSR count).